The highest BCUT2D eigenvalue weighted by molar-refractivity contribution is 6.19. The predicted octanol–water partition coefficient (Wildman–Crippen LogP) is -0.815. The summed E-state index contributed by atoms with van der Waals surface area (Å²) in [4.78, 5) is 10.1. The van der Waals surface area contributed by atoms with E-state index in [1.54, 1.807) is 4.58 Å². The number of carbonyl (C=O) groups is 1. The molecule has 4 heteroatoms. The Morgan fingerprint density at radius 3 is 2.60 bits per heavy atom. The van der Waals surface area contributed by atoms with Gasteiger partial charge in [-0.3, -0.25) is 0 Å². The molecule has 0 aliphatic carbocycles. The molecule has 0 saturated carbocycles. The second-order valence-corrected chi connectivity index (χ2v) is 2.12. The number of nitrogens with zero attached hydrogens (tertiary/aromatic N) is 1. The van der Waals surface area contributed by atoms with Crippen molar-refractivity contribution >= 4 is 12.2 Å². The smallest absolute Gasteiger partial charge is 0.392 e. The van der Waals surface area contributed by atoms with Gasteiger partial charge in [-0.1, -0.05) is 0 Å². The molecule has 1 fully saturated rings. The van der Waals surface area contributed by atoms with Crippen molar-refractivity contribution in [3.63, 3.8) is 0 Å². The Kier molecular flexibility index (Phi) is 2.39. The lowest BCUT2D eigenvalue weighted by atomic mass is 10.5. The molecule has 0 aromatic heterocycles. The summed E-state index contributed by atoms with van der Waals surface area (Å²) in [6, 6.07) is 0. The average molecular weight is 144 g/mol. The van der Waals surface area contributed by atoms with Gasteiger partial charge in [0.25, 0.3) is 0 Å². The van der Waals surface area contributed by atoms with E-state index in [0.29, 0.717) is 26.3 Å². The van der Waals surface area contributed by atoms with Crippen LogP contribution in [-0.4, -0.2) is 48.2 Å². The van der Waals surface area contributed by atoms with Crippen LogP contribution in [0.2, 0.25) is 0 Å². The molecule has 10 heavy (non-hydrogen) atoms. The SMILES string of the molecule is O=C(O)C=[N+]1CCOCC1. The third-order valence-electron chi connectivity index (χ3n) is 1.34. The Morgan fingerprint density at radius 1 is 1.50 bits per heavy atom. The molecule has 0 aromatic rings. The Labute approximate surface area is 58.7 Å². The lowest BCUT2D eigenvalue weighted by molar-refractivity contribution is -0.544. The lowest BCUT2D eigenvalue weighted by Crippen LogP contribution is -2.30. The van der Waals surface area contributed by atoms with Crippen LogP contribution >= 0.6 is 0 Å². The zero-order chi connectivity index (χ0) is 7.40. The average Bonchev–Trinajstić information content (AvgIpc) is 1.88. The van der Waals surface area contributed by atoms with Crippen molar-refractivity contribution < 1.29 is 19.2 Å². The minimum absolute atomic E-state index is 0.629. The summed E-state index contributed by atoms with van der Waals surface area (Å²) in [6.07, 6.45) is 1.20. The van der Waals surface area contributed by atoms with Crippen molar-refractivity contribution in [1.82, 2.24) is 0 Å². The summed E-state index contributed by atoms with van der Waals surface area (Å²) in [5, 5.41) is 8.33. The van der Waals surface area contributed by atoms with E-state index in [1.807, 2.05) is 0 Å². The van der Waals surface area contributed by atoms with Crippen molar-refractivity contribution in [3.05, 3.63) is 0 Å². The van der Waals surface area contributed by atoms with E-state index >= 15 is 0 Å². The van der Waals surface area contributed by atoms with E-state index < -0.39 is 5.97 Å². The minimum Gasteiger partial charge on any atom is -0.474 e. The molecule has 0 aromatic carbocycles. The van der Waals surface area contributed by atoms with E-state index in [1.165, 1.54) is 6.21 Å². The quantitative estimate of drug-likeness (QED) is 0.489. The maximum Gasteiger partial charge on any atom is 0.392 e. The Hall–Kier alpha value is -0.900. The second-order valence-electron chi connectivity index (χ2n) is 2.12. The Balaban J connectivity index is 2.45. The van der Waals surface area contributed by atoms with Gasteiger partial charge >= 0.3 is 5.97 Å². The molecule has 1 heterocycles. The number of morpholine rings is 1. The van der Waals surface area contributed by atoms with E-state index in [0.717, 1.165) is 0 Å². The molecule has 0 unspecified atom stereocenters. The summed E-state index contributed by atoms with van der Waals surface area (Å²) in [7, 11) is 0. The molecule has 0 bridgehead atoms. The number of rotatable bonds is 1. The molecule has 0 spiro atoms. The van der Waals surface area contributed by atoms with Crippen LogP contribution in [0.3, 0.4) is 0 Å². The number of carboxylic acid groups (broad SMARTS) is 1. The van der Waals surface area contributed by atoms with Gasteiger partial charge in [0.1, 0.15) is 13.2 Å². The number of carboxylic acids is 1. The molecule has 1 N–H and O–H groups in total. The first-order valence-electron chi connectivity index (χ1n) is 3.18. The lowest BCUT2D eigenvalue weighted by Gasteiger charge is -2.08. The van der Waals surface area contributed by atoms with Crippen LogP contribution in [0, 0.1) is 0 Å². The van der Waals surface area contributed by atoms with Gasteiger partial charge in [-0.2, -0.15) is 0 Å². The molecular formula is C6H10NO3+. The zero-order valence-corrected chi connectivity index (χ0v) is 5.62. The summed E-state index contributed by atoms with van der Waals surface area (Å²) in [5.41, 5.74) is 0. The van der Waals surface area contributed by atoms with Crippen LogP contribution in [0.5, 0.6) is 0 Å². The molecular weight excluding hydrogens is 134 g/mol. The van der Waals surface area contributed by atoms with Gasteiger partial charge in [-0.25, -0.2) is 9.37 Å². The maximum absolute atomic E-state index is 10.1. The van der Waals surface area contributed by atoms with Crippen molar-refractivity contribution in [2.45, 2.75) is 0 Å². The third kappa shape index (κ3) is 2.14. The summed E-state index contributed by atoms with van der Waals surface area (Å²) < 4.78 is 6.77. The third-order valence-corrected chi connectivity index (χ3v) is 1.34. The number of ether oxygens (including phenoxy) is 1. The van der Waals surface area contributed by atoms with Gasteiger partial charge in [0.15, 0.2) is 13.1 Å². The summed E-state index contributed by atoms with van der Waals surface area (Å²) >= 11 is 0. The molecule has 1 rings (SSSR count). The fourth-order valence-electron chi connectivity index (χ4n) is 0.863. The molecule has 1 aliphatic rings. The van der Waals surface area contributed by atoms with E-state index in [4.69, 9.17) is 9.84 Å². The van der Waals surface area contributed by atoms with E-state index in [9.17, 15) is 4.79 Å². The maximum atomic E-state index is 10.1. The minimum atomic E-state index is -0.887. The highest BCUT2D eigenvalue weighted by atomic mass is 16.5. The summed E-state index contributed by atoms with van der Waals surface area (Å²) in [5.74, 6) is -0.887. The molecule has 1 saturated heterocycles. The van der Waals surface area contributed by atoms with Gasteiger partial charge in [0.2, 0.25) is 6.21 Å². The summed E-state index contributed by atoms with van der Waals surface area (Å²) in [6.45, 7) is 2.63. The predicted molar refractivity (Wildman–Crippen MR) is 34.5 cm³/mol. The first kappa shape index (κ1) is 7.21. The number of hydrogen-bond donors (Lipinski definition) is 1. The normalized spacial score (nSPS) is 18.6. The van der Waals surface area contributed by atoms with Crippen LogP contribution in [0.15, 0.2) is 0 Å². The molecule has 0 atom stereocenters. The molecule has 0 amide bonds. The number of aliphatic carboxylic acids is 1. The standard InChI is InChI=1S/C6H9NO3/c8-6(9)5-7-1-3-10-4-2-7/h5H,1-4H2/p+1. The molecule has 4 nitrogen and oxygen atoms in total. The van der Waals surface area contributed by atoms with Crippen molar-refractivity contribution in [1.29, 1.82) is 0 Å². The van der Waals surface area contributed by atoms with Crippen LogP contribution < -0.4 is 0 Å². The Bertz CT molecular complexity index is 156. The van der Waals surface area contributed by atoms with Gasteiger partial charge < -0.3 is 9.84 Å². The van der Waals surface area contributed by atoms with Crippen LogP contribution in [-0.2, 0) is 9.53 Å². The van der Waals surface area contributed by atoms with Gasteiger partial charge in [-0.05, 0) is 0 Å². The fourth-order valence-corrected chi connectivity index (χ4v) is 0.863. The highest BCUT2D eigenvalue weighted by Crippen LogP contribution is 1.86. The highest BCUT2D eigenvalue weighted by Gasteiger charge is 2.11. The van der Waals surface area contributed by atoms with Gasteiger partial charge in [0.05, 0.1) is 0 Å². The fraction of sp³-hybridized carbons (Fsp3) is 0.667. The largest absolute Gasteiger partial charge is 0.474 e. The van der Waals surface area contributed by atoms with Gasteiger partial charge in [0, 0.05) is 0 Å². The topological polar surface area (TPSA) is 49.5 Å². The molecule has 0 radical (unpaired) electrons. The van der Waals surface area contributed by atoms with Crippen LogP contribution in [0.4, 0.5) is 0 Å². The van der Waals surface area contributed by atoms with E-state index in [-0.39, 0.29) is 0 Å². The van der Waals surface area contributed by atoms with Crippen LogP contribution in [0.1, 0.15) is 0 Å². The molecule has 56 valence electrons. The van der Waals surface area contributed by atoms with Crippen molar-refractivity contribution in [2.75, 3.05) is 26.3 Å². The molecule has 1 aliphatic heterocycles. The first-order valence-corrected chi connectivity index (χ1v) is 3.18. The monoisotopic (exact) mass is 144 g/mol. The van der Waals surface area contributed by atoms with Crippen molar-refractivity contribution in [3.8, 4) is 0 Å². The first-order chi connectivity index (χ1) is 4.79. The van der Waals surface area contributed by atoms with Gasteiger partial charge in [-0.15, -0.1) is 0 Å². The Morgan fingerprint density at radius 2 is 2.10 bits per heavy atom. The van der Waals surface area contributed by atoms with E-state index in [2.05, 4.69) is 0 Å². The van der Waals surface area contributed by atoms with Crippen molar-refractivity contribution in [2.24, 2.45) is 0 Å². The van der Waals surface area contributed by atoms with Crippen LogP contribution in [0.25, 0.3) is 0 Å². The second kappa shape index (κ2) is 3.31. The number of hydrogen-bond acceptors (Lipinski definition) is 2. The zero-order valence-electron chi connectivity index (χ0n) is 5.62.